The third kappa shape index (κ3) is 5.02. The summed E-state index contributed by atoms with van der Waals surface area (Å²) in [6.07, 6.45) is 2.98. The summed E-state index contributed by atoms with van der Waals surface area (Å²) in [5.41, 5.74) is 3.84. The molecule has 0 radical (unpaired) electrons. The molecule has 0 fully saturated rings. The third-order valence-electron chi connectivity index (χ3n) is 5.57. The smallest absolute Gasteiger partial charge is 0.226 e. The Kier molecular flexibility index (Phi) is 7.36. The Balaban J connectivity index is 1.72. The Hall–Kier alpha value is -3.54. The molecule has 0 spiro atoms. The predicted octanol–water partition coefficient (Wildman–Crippen LogP) is 5.39. The van der Waals surface area contributed by atoms with Crippen LogP contribution in [0.3, 0.4) is 0 Å². The van der Waals surface area contributed by atoms with Crippen molar-refractivity contribution < 1.29 is 18.7 Å². The zero-order chi connectivity index (χ0) is 23.3. The van der Waals surface area contributed by atoms with E-state index in [1.54, 1.807) is 64.5 Å². The van der Waals surface area contributed by atoms with E-state index in [1.807, 2.05) is 18.2 Å². The number of benzene rings is 2. The van der Waals surface area contributed by atoms with Gasteiger partial charge in [0, 0.05) is 37.7 Å². The van der Waals surface area contributed by atoms with Gasteiger partial charge < -0.3 is 9.64 Å². The van der Waals surface area contributed by atoms with Crippen molar-refractivity contribution in [1.82, 2.24) is 4.98 Å². The first-order valence-corrected chi connectivity index (χ1v) is 10.5. The van der Waals surface area contributed by atoms with E-state index < -0.39 is 5.82 Å². The summed E-state index contributed by atoms with van der Waals surface area (Å²) in [7, 11) is 3.14. The van der Waals surface area contributed by atoms with Gasteiger partial charge in [-0.15, -0.1) is 0 Å². The fourth-order valence-electron chi connectivity index (χ4n) is 3.53. The zero-order valence-electron chi connectivity index (χ0n) is 18.8. The van der Waals surface area contributed by atoms with Crippen molar-refractivity contribution in [2.75, 3.05) is 19.1 Å². The number of pyridine rings is 1. The second-order valence-electron chi connectivity index (χ2n) is 7.59. The number of hydrogen-bond acceptors (Lipinski definition) is 4. The summed E-state index contributed by atoms with van der Waals surface area (Å²) in [6, 6.07) is 14.3. The highest BCUT2D eigenvalue weighted by Gasteiger charge is 2.17. The van der Waals surface area contributed by atoms with Crippen LogP contribution in [0.15, 0.2) is 54.7 Å². The number of amides is 1. The van der Waals surface area contributed by atoms with Crippen LogP contribution < -0.4 is 9.64 Å². The van der Waals surface area contributed by atoms with Crippen molar-refractivity contribution in [3.05, 3.63) is 77.2 Å². The highest BCUT2D eigenvalue weighted by Crippen LogP contribution is 2.31. The lowest BCUT2D eigenvalue weighted by molar-refractivity contribution is -0.118. The number of aromatic nitrogens is 1. The standard InChI is InChI=1S/C26H27FN2O3/c1-5-25(31)29(3)22-13-12-21(17(2)26(22)27)19-8-10-20(11-9-19)23(30)14-6-18-7-15-24(32-4)28-16-18/h7-13,15-16H,5-6,14H2,1-4H3. The zero-order valence-corrected chi connectivity index (χ0v) is 18.8. The van der Waals surface area contributed by atoms with Gasteiger partial charge in [0.1, 0.15) is 5.82 Å². The van der Waals surface area contributed by atoms with Crippen molar-refractivity contribution >= 4 is 17.4 Å². The third-order valence-corrected chi connectivity index (χ3v) is 5.57. The van der Waals surface area contributed by atoms with E-state index in [2.05, 4.69) is 4.98 Å². The van der Waals surface area contributed by atoms with Gasteiger partial charge in [0.05, 0.1) is 12.8 Å². The molecule has 0 aliphatic rings. The van der Waals surface area contributed by atoms with Crippen molar-refractivity contribution in [3.8, 4) is 17.0 Å². The lowest BCUT2D eigenvalue weighted by Gasteiger charge is -2.19. The second-order valence-corrected chi connectivity index (χ2v) is 7.59. The second kappa shape index (κ2) is 10.2. The Bertz CT molecular complexity index is 1110. The van der Waals surface area contributed by atoms with E-state index >= 15 is 0 Å². The maximum absolute atomic E-state index is 15.0. The number of rotatable bonds is 8. The molecule has 1 amide bonds. The van der Waals surface area contributed by atoms with E-state index in [0.717, 1.165) is 16.7 Å². The van der Waals surface area contributed by atoms with Gasteiger partial charge in [-0.1, -0.05) is 43.3 Å². The molecule has 6 heteroatoms. The Morgan fingerprint density at radius 1 is 1.06 bits per heavy atom. The first-order valence-electron chi connectivity index (χ1n) is 10.5. The lowest BCUT2D eigenvalue weighted by atomic mass is 9.96. The molecule has 1 aromatic heterocycles. The highest BCUT2D eigenvalue weighted by atomic mass is 19.1. The summed E-state index contributed by atoms with van der Waals surface area (Å²) in [5.74, 6) is 0.00810. The number of halogens is 1. The van der Waals surface area contributed by atoms with E-state index in [1.165, 1.54) is 4.90 Å². The fraction of sp³-hybridized carbons (Fsp3) is 0.269. The molecule has 1 heterocycles. The van der Waals surface area contributed by atoms with Gasteiger partial charge in [0.25, 0.3) is 0 Å². The van der Waals surface area contributed by atoms with E-state index in [4.69, 9.17) is 4.74 Å². The summed E-state index contributed by atoms with van der Waals surface area (Å²) in [6.45, 7) is 3.44. The number of hydrogen-bond donors (Lipinski definition) is 0. The molecular formula is C26H27FN2O3. The molecule has 0 saturated heterocycles. The topological polar surface area (TPSA) is 59.5 Å². The van der Waals surface area contributed by atoms with Gasteiger partial charge in [0.2, 0.25) is 11.8 Å². The maximum atomic E-state index is 15.0. The van der Waals surface area contributed by atoms with Gasteiger partial charge in [-0.2, -0.15) is 0 Å². The number of aryl methyl sites for hydroxylation is 1. The number of ketones is 1. The van der Waals surface area contributed by atoms with Crippen LogP contribution in [0, 0.1) is 12.7 Å². The van der Waals surface area contributed by atoms with Crippen LogP contribution in [0.5, 0.6) is 5.88 Å². The lowest BCUT2D eigenvalue weighted by Crippen LogP contribution is -2.26. The van der Waals surface area contributed by atoms with Crippen LogP contribution in [0.1, 0.15) is 41.3 Å². The monoisotopic (exact) mass is 434 g/mol. The molecule has 0 bridgehead atoms. The number of carbonyl (C=O) groups excluding carboxylic acids is 2. The molecule has 0 saturated carbocycles. The molecule has 0 N–H and O–H groups in total. The van der Waals surface area contributed by atoms with Gasteiger partial charge in [-0.25, -0.2) is 9.37 Å². The molecule has 5 nitrogen and oxygen atoms in total. The first kappa shape index (κ1) is 23.1. The molecular weight excluding hydrogens is 407 g/mol. The van der Waals surface area contributed by atoms with Crippen LogP contribution in [0.25, 0.3) is 11.1 Å². The summed E-state index contributed by atoms with van der Waals surface area (Å²) in [4.78, 5) is 30.0. The Morgan fingerprint density at radius 3 is 2.38 bits per heavy atom. The number of carbonyl (C=O) groups is 2. The Morgan fingerprint density at radius 2 is 1.78 bits per heavy atom. The van der Waals surface area contributed by atoms with Crippen LogP contribution >= 0.6 is 0 Å². The SMILES string of the molecule is CCC(=O)N(C)c1ccc(-c2ccc(C(=O)CCc3ccc(OC)nc3)cc2)c(C)c1F. The van der Waals surface area contributed by atoms with Gasteiger partial charge in [-0.05, 0) is 41.7 Å². The molecule has 0 aliphatic heterocycles. The minimum absolute atomic E-state index is 0.0327. The number of methoxy groups -OCH3 is 1. The highest BCUT2D eigenvalue weighted by molar-refractivity contribution is 5.97. The maximum Gasteiger partial charge on any atom is 0.226 e. The number of ether oxygens (including phenoxy) is 1. The van der Waals surface area contributed by atoms with Gasteiger partial charge >= 0.3 is 0 Å². The normalized spacial score (nSPS) is 10.7. The van der Waals surface area contributed by atoms with Crippen LogP contribution in [-0.2, 0) is 11.2 Å². The van der Waals surface area contributed by atoms with E-state index in [-0.39, 0.29) is 17.4 Å². The molecule has 32 heavy (non-hydrogen) atoms. The number of anilines is 1. The molecule has 2 aromatic carbocycles. The van der Waals surface area contributed by atoms with Crippen LogP contribution in [-0.4, -0.2) is 30.8 Å². The summed E-state index contributed by atoms with van der Waals surface area (Å²) >= 11 is 0. The number of Topliss-reactive ketones (excluding diaryl/α,β-unsaturated/α-hetero) is 1. The minimum atomic E-state index is -0.417. The molecule has 3 aromatic rings. The molecule has 0 atom stereocenters. The average molecular weight is 435 g/mol. The summed E-state index contributed by atoms with van der Waals surface area (Å²) in [5, 5.41) is 0. The predicted molar refractivity (Wildman–Crippen MR) is 124 cm³/mol. The quantitative estimate of drug-likeness (QED) is 0.446. The Labute approximate surface area is 187 Å². The number of nitrogens with zero attached hydrogens (tertiary/aromatic N) is 2. The van der Waals surface area contributed by atoms with E-state index in [9.17, 15) is 14.0 Å². The van der Waals surface area contributed by atoms with Crippen LogP contribution in [0.4, 0.5) is 10.1 Å². The molecule has 0 unspecified atom stereocenters. The average Bonchev–Trinajstić information content (AvgIpc) is 2.83. The molecule has 0 aliphatic carbocycles. The summed E-state index contributed by atoms with van der Waals surface area (Å²) < 4.78 is 20.0. The van der Waals surface area contributed by atoms with Crippen molar-refractivity contribution in [2.45, 2.75) is 33.1 Å². The van der Waals surface area contributed by atoms with Crippen molar-refractivity contribution in [2.24, 2.45) is 0 Å². The molecule has 3 rings (SSSR count). The minimum Gasteiger partial charge on any atom is -0.481 e. The van der Waals surface area contributed by atoms with Crippen molar-refractivity contribution in [1.29, 1.82) is 0 Å². The van der Waals surface area contributed by atoms with Crippen molar-refractivity contribution in [3.63, 3.8) is 0 Å². The fourth-order valence-corrected chi connectivity index (χ4v) is 3.53. The van der Waals surface area contributed by atoms with Gasteiger partial charge in [0.15, 0.2) is 5.78 Å². The first-order chi connectivity index (χ1) is 15.3. The van der Waals surface area contributed by atoms with Gasteiger partial charge in [-0.3, -0.25) is 9.59 Å². The largest absolute Gasteiger partial charge is 0.481 e. The van der Waals surface area contributed by atoms with Crippen LogP contribution in [0.2, 0.25) is 0 Å². The molecule has 166 valence electrons. The van der Waals surface area contributed by atoms with E-state index in [0.29, 0.717) is 36.3 Å².